The summed E-state index contributed by atoms with van der Waals surface area (Å²) in [6.45, 7) is 3.78. The number of hydrogen-bond donors (Lipinski definition) is 0. The zero-order valence-electron chi connectivity index (χ0n) is 6.68. The van der Waals surface area contributed by atoms with Gasteiger partial charge < -0.3 is 0 Å². The highest BCUT2D eigenvalue weighted by molar-refractivity contribution is 8.20. The van der Waals surface area contributed by atoms with Crippen molar-refractivity contribution in [2.45, 2.75) is 24.3 Å². The molecule has 1 rings (SSSR count). The van der Waals surface area contributed by atoms with Crippen LogP contribution in [0.25, 0.3) is 0 Å². The van der Waals surface area contributed by atoms with E-state index in [4.69, 9.17) is 0 Å². The summed E-state index contributed by atoms with van der Waals surface area (Å²) in [5.41, 5.74) is 0. The zero-order chi connectivity index (χ0) is 8.10. The lowest BCUT2D eigenvalue weighted by molar-refractivity contribution is 1.18. The van der Waals surface area contributed by atoms with E-state index in [0.717, 1.165) is 5.08 Å². The van der Waals surface area contributed by atoms with Crippen LogP contribution in [0.5, 0.6) is 0 Å². The molecule has 2 unspecified atom stereocenters. The van der Waals surface area contributed by atoms with E-state index < -0.39 is 0 Å². The molecule has 1 fully saturated rings. The van der Waals surface area contributed by atoms with E-state index >= 15 is 0 Å². The van der Waals surface area contributed by atoms with E-state index in [0.29, 0.717) is 10.5 Å². The summed E-state index contributed by atoms with van der Waals surface area (Å²) in [5, 5.41) is 2.02. The Balaban J connectivity index is 2.60. The Morgan fingerprint density at radius 1 is 1.00 bits per heavy atom. The van der Waals surface area contributed by atoms with Crippen LogP contribution in [0.3, 0.4) is 0 Å². The highest BCUT2D eigenvalue weighted by atomic mass is 32.2. The van der Waals surface area contributed by atoms with E-state index in [1.807, 2.05) is 37.4 Å². The Labute approximate surface area is 76.9 Å². The van der Waals surface area contributed by atoms with Gasteiger partial charge in [-0.2, -0.15) is 0 Å². The van der Waals surface area contributed by atoms with Crippen molar-refractivity contribution in [3.8, 4) is 23.7 Å². The SMILES string of the molecule is CC#CC1SCSC1C#CC. The Bertz CT molecular complexity index is 210. The molecule has 11 heavy (non-hydrogen) atoms. The van der Waals surface area contributed by atoms with Gasteiger partial charge in [-0.1, -0.05) is 11.8 Å². The predicted octanol–water partition coefficient (Wildman–Crippen LogP) is 2.21. The van der Waals surface area contributed by atoms with E-state index in [2.05, 4.69) is 23.7 Å². The highest BCUT2D eigenvalue weighted by Crippen LogP contribution is 2.35. The Morgan fingerprint density at radius 2 is 1.45 bits per heavy atom. The molecule has 0 aromatic heterocycles. The van der Waals surface area contributed by atoms with E-state index in [9.17, 15) is 0 Å². The van der Waals surface area contributed by atoms with Gasteiger partial charge in [-0.05, 0) is 13.8 Å². The van der Waals surface area contributed by atoms with Crippen molar-refractivity contribution in [3.63, 3.8) is 0 Å². The molecule has 0 bridgehead atoms. The van der Waals surface area contributed by atoms with E-state index in [1.165, 1.54) is 0 Å². The highest BCUT2D eigenvalue weighted by Gasteiger charge is 2.24. The lowest BCUT2D eigenvalue weighted by Crippen LogP contribution is -2.10. The van der Waals surface area contributed by atoms with Gasteiger partial charge in [0.15, 0.2) is 0 Å². The third kappa shape index (κ3) is 2.40. The molecule has 1 heterocycles. The van der Waals surface area contributed by atoms with Crippen LogP contribution in [0.1, 0.15) is 13.8 Å². The summed E-state index contributed by atoms with van der Waals surface area (Å²) in [7, 11) is 0. The molecule has 0 amide bonds. The molecule has 0 saturated carbocycles. The molecule has 0 nitrogen and oxygen atoms in total. The standard InChI is InChI=1S/C9H10S2/c1-3-5-8-9(6-4-2)11-7-10-8/h8-9H,7H2,1-2H3. The number of rotatable bonds is 0. The molecule has 0 aromatic rings. The van der Waals surface area contributed by atoms with Crippen LogP contribution in [0.15, 0.2) is 0 Å². The van der Waals surface area contributed by atoms with Crippen molar-refractivity contribution < 1.29 is 0 Å². The van der Waals surface area contributed by atoms with Crippen LogP contribution in [-0.2, 0) is 0 Å². The molecule has 1 aliphatic heterocycles. The minimum Gasteiger partial charge on any atom is -0.132 e. The van der Waals surface area contributed by atoms with Crippen LogP contribution < -0.4 is 0 Å². The Morgan fingerprint density at radius 3 is 1.82 bits per heavy atom. The van der Waals surface area contributed by atoms with Gasteiger partial charge in [-0.25, -0.2) is 0 Å². The maximum absolute atomic E-state index is 3.17. The first-order valence-corrected chi connectivity index (χ1v) is 5.56. The molecular formula is C9H10S2. The number of thioether (sulfide) groups is 2. The first-order chi connectivity index (χ1) is 5.38. The minimum absolute atomic E-state index is 0.442. The van der Waals surface area contributed by atoms with Crippen LogP contribution in [0, 0.1) is 23.7 Å². The summed E-state index contributed by atoms with van der Waals surface area (Å²) >= 11 is 3.80. The lowest BCUT2D eigenvalue weighted by Gasteiger charge is -2.02. The van der Waals surface area contributed by atoms with Gasteiger partial charge >= 0.3 is 0 Å². The molecule has 1 saturated heterocycles. The predicted molar refractivity (Wildman–Crippen MR) is 54.5 cm³/mol. The van der Waals surface area contributed by atoms with Crippen molar-refractivity contribution in [2.75, 3.05) is 5.08 Å². The molecule has 2 heteroatoms. The van der Waals surface area contributed by atoms with Gasteiger partial charge in [0.25, 0.3) is 0 Å². The molecule has 0 aromatic carbocycles. The quantitative estimate of drug-likeness (QED) is 0.527. The molecule has 0 radical (unpaired) electrons. The third-order valence-corrected chi connectivity index (χ3v) is 4.10. The largest absolute Gasteiger partial charge is 0.132 e. The summed E-state index contributed by atoms with van der Waals surface area (Å²) in [6.07, 6.45) is 0. The summed E-state index contributed by atoms with van der Waals surface area (Å²) in [6, 6.07) is 0. The molecule has 0 aliphatic carbocycles. The van der Waals surface area contributed by atoms with Crippen molar-refractivity contribution in [3.05, 3.63) is 0 Å². The van der Waals surface area contributed by atoms with Crippen molar-refractivity contribution in [1.82, 2.24) is 0 Å². The fourth-order valence-corrected chi connectivity index (χ4v) is 3.73. The average molecular weight is 182 g/mol. The molecule has 0 N–H and O–H groups in total. The molecule has 1 aliphatic rings. The van der Waals surface area contributed by atoms with Crippen LogP contribution in [0.4, 0.5) is 0 Å². The van der Waals surface area contributed by atoms with Crippen LogP contribution >= 0.6 is 23.5 Å². The Kier molecular flexibility index (Phi) is 3.77. The molecule has 2 atom stereocenters. The normalized spacial score (nSPS) is 28.2. The zero-order valence-corrected chi connectivity index (χ0v) is 8.31. The van der Waals surface area contributed by atoms with Crippen LogP contribution in [0.2, 0.25) is 0 Å². The molecule has 58 valence electrons. The Hall–Kier alpha value is -0.180. The second-order valence-corrected chi connectivity index (χ2v) is 4.71. The van der Waals surface area contributed by atoms with Gasteiger partial charge in [0.1, 0.15) is 0 Å². The summed E-state index contributed by atoms with van der Waals surface area (Å²) in [5.74, 6) is 12.2. The maximum atomic E-state index is 3.17. The summed E-state index contributed by atoms with van der Waals surface area (Å²) in [4.78, 5) is 0. The van der Waals surface area contributed by atoms with Crippen LogP contribution in [-0.4, -0.2) is 15.6 Å². The van der Waals surface area contributed by atoms with Gasteiger partial charge in [0.2, 0.25) is 0 Å². The molecular weight excluding hydrogens is 172 g/mol. The number of hydrogen-bond acceptors (Lipinski definition) is 2. The first-order valence-electron chi connectivity index (χ1n) is 3.46. The first kappa shape index (κ1) is 8.91. The third-order valence-electron chi connectivity index (χ3n) is 1.34. The summed E-state index contributed by atoms with van der Waals surface area (Å²) < 4.78 is 0. The minimum atomic E-state index is 0.442. The fraction of sp³-hybridized carbons (Fsp3) is 0.556. The monoisotopic (exact) mass is 182 g/mol. The second kappa shape index (κ2) is 4.65. The lowest BCUT2D eigenvalue weighted by atomic mass is 10.3. The van der Waals surface area contributed by atoms with Gasteiger partial charge in [0, 0.05) is 5.08 Å². The van der Waals surface area contributed by atoms with Gasteiger partial charge in [-0.3, -0.25) is 0 Å². The smallest absolute Gasteiger partial charge is 0.0894 e. The molecule has 0 spiro atoms. The second-order valence-electron chi connectivity index (χ2n) is 2.08. The van der Waals surface area contributed by atoms with Crippen molar-refractivity contribution in [1.29, 1.82) is 0 Å². The average Bonchev–Trinajstić information content (AvgIpc) is 2.39. The van der Waals surface area contributed by atoms with Crippen molar-refractivity contribution >= 4 is 23.5 Å². The van der Waals surface area contributed by atoms with E-state index in [1.54, 1.807) is 0 Å². The van der Waals surface area contributed by atoms with Gasteiger partial charge in [-0.15, -0.1) is 35.4 Å². The van der Waals surface area contributed by atoms with Crippen molar-refractivity contribution in [2.24, 2.45) is 0 Å². The fourth-order valence-electron chi connectivity index (χ4n) is 0.880. The van der Waals surface area contributed by atoms with E-state index in [-0.39, 0.29) is 0 Å². The van der Waals surface area contributed by atoms with Gasteiger partial charge in [0.05, 0.1) is 10.5 Å². The topological polar surface area (TPSA) is 0 Å². The maximum Gasteiger partial charge on any atom is 0.0894 e.